The monoisotopic (exact) mass is 687 g/mol. The van der Waals surface area contributed by atoms with Crippen molar-refractivity contribution in [2.45, 2.75) is 114 Å². The van der Waals surface area contributed by atoms with Gasteiger partial charge in [0.2, 0.25) is 5.91 Å². The first-order valence-electron chi connectivity index (χ1n) is 18.2. The summed E-state index contributed by atoms with van der Waals surface area (Å²) in [6, 6.07) is 13.7. The second-order valence-corrected chi connectivity index (χ2v) is 13.9. The predicted molar refractivity (Wildman–Crippen MR) is 190 cm³/mol. The number of aliphatic hydroxyl groups is 1. The zero-order chi connectivity index (χ0) is 35.1. The lowest BCUT2D eigenvalue weighted by molar-refractivity contribution is -0.135. The van der Waals surface area contributed by atoms with Gasteiger partial charge < -0.3 is 36.1 Å². The lowest BCUT2D eigenvalue weighted by atomic mass is 9.83. The first-order valence-corrected chi connectivity index (χ1v) is 18.2. The number of H-pyrrole nitrogens is 1. The fourth-order valence-electron chi connectivity index (χ4n) is 7.00. The normalized spacial score (nSPS) is 18.1. The van der Waals surface area contributed by atoms with Crippen LogP contribution in [0.5, 0.6) is 0 Å². The lowest BCUT2D eigenvalue weighted by Crippen LogP contribution is -2.56. The zero-order valence-electron chi connectivity index (χ0n) is 28.9. The van der Waals surface area contributed by atoms with Crippen LogP contribution in [0.1, 0.15) is 81.2 Å². The van der Waals surface area contributed by atoms with Crippen LogP contribution in [0.3, 0.4) is 0 Å². The Labute approximate surface area is 295 Å². The molecular weight excluding hydrogens is 634 g/mol. The highest BCUT2D eigenvalue weighted by Crippen LogP contribution is 2.29. The number of carbonyl (C=O) groups excluding carboxylic acids is 3. The van der Waals surface area contributed by atoms with E-state index in [4.69, 9.17) is 10.5 Å². The van der Waals surface area contributed by atoms with Gasteiger partial charge in [0, 0.05) is 55.8 Å². The molecule has 0 bridgehead atoms. The second kappa shape index (κ2) is 19.2. The van der Waals surface area contributed by atoms with Crippen LogP contribution in [0.4, 0.5) is 4.79 Å². The van der Waals surface area contributed by atoms with Crippen LogP contribution in [0, 0.1) is 5.92 Å². The van der Waals surface area contributed by atoms with Crippen molar-refractivity contribution >= 4 is 17.9 Å². The van der Waals surface area contributed by atoms with Gasteiger partial charge in [-0.15, -0.1) is 0 Å². The molecule has 12 nitrogen and oxygen atoms in total. The summed E-state index contributed by atoms with van der Waals surface area (Å²) in [6.45, 7) is 0.911. The van der Waals surface area contributed by atoms with Crippen LogP contribution >= 0.6 is 0 Å². The Bertz CT molecular complexity index is 1440. The van der Waals surface area contributed by atoms with E-state index < -0.39 is 42.2 Å². The molecule has 0 spiro atoms. The summed E-state index contributed by atoms with van der Waals surface area (Å²) in [4.78, 5) is 54.4. The maximum absolute atomic E-state index is 14.1. The number of benzene rings is 1. The first kappa shape index (κ1) is 37.0. The zero-order valence-corrected chi connectivity index (χ0v) is 28.9. The molecule has 1 aliphatic carbocycles. The highest BCUT2D eigenvalue weighted by Gasteiger charge is 2.33. The van der Waals surface area contributed by atoms with Crippen molar-refractivity contribution in [3.63, 3.8) is 0 Å². The second-order valence-electron chi connectivity index (χ2n) is 13.9. The third-order valence-corrected chi connectivity index (χ3v) is 9.97. The van der Waals surface area contributed by atoms with Gasteiger partial charge in [0.05, 0.1) is 18.5 Å². The van der Waals surface area contributed by atoms with Crippen molar-refractivity contribution in [3.8, 4) is 0 Å². The molecule has 5 rings (SSSR count). The summed E-state index contributed by atoms with van der Waals surface area (Å²) < 4.78 is 5.84. The van der Waals surface area contributed by atoms with Crippen LogP contribution in [-0.4, -0.2) is 86.3 Å². The number of aromatic nitrogens is 3. The number of piperidine rings is 1. The van der Waals surface area contributed by atoms with Crippen molar-refractivity contribution in [3.05, 3.63) is 84.2 Å². The molecule has 4 atom stereocenters. The number of carbonyl (C=O) groups is 3. The number of aromatic amines is 1. The van der Waals surface area contributed by atoms with E-state index in [1.807, 2.05) is 48.5 Å². The molecule has 1 aromatic carbocycles. The summed E-state index contributed by atoms with van der Waals surface area (Å²) in [5, 5.41) is 17.5. The predicted octanol–water partition coefficient (Wildman–Crippen LogP) is 3.84. The van der Waals surface area contributed by atoms with Gasteiger partial charge in [0.1, 0.15) is 6.04 Å². The van der Waals surface area contributed by atoms with E-state index in [1.165, 1.54) is 12.7 Å². The maximum Gasteiger partial charge on any atom is 0.410 e. The summed E-state index contributed by atoms with van der Waals surface area (Å²) in [7, 11) is 0. The molecule has 2 aliphatic rings. The molecule has 1 aliphatic heterocycles. The van der Waals surface area contributed by atoms with E-state index in [2.05, 4.69) is 25.6 Å². The number of rotatable bonds is 16. The van der Waals surface area contributed by atoms with Gasteiger partial charge in [-0.2, -0.15) is 0 Å². The van der Waals surface area contributed by atoms with Gasteiger partial charge in [-0.05, 0) is 62.1 Å². The van der Waals surface area contributed by atoms with Crippen LogP contribution < -0.4 is 16.4 Å². The standard InChI is InChI=1S/C38H53N7O5/c39-29-17-20-45(21-18-29)38(49)50-35(23-28-12-5-2-6-13-28)37(48)44-33(24-31-25-40-26-42-31)36(47)43-32(22-27-10-3-1-4-11-27)34(46)16-9-15-30-14-7-8-19-41-30/h2,5-8,12-14,19,25-27,29,32-35,46H,1,3-4,9-11,15-18,20-24,39H2,(H,40,42)(H,43,47)(H,44,48)/t32-,33-,34-,35-/m0/s1. The number of amides is 3. The average molecular weight is 688 g/mol. The molecule has 0 unspecified atom stereocenters. The molecule has 3 heterocycles. The number of aliphatic hydroxyl groups excluding tert-OH is 1. The average Bonchev–Trinajstić information content (AvgIpc) is 3.65. The Morgan fingerprint density at radius 1 is 0.960 bits per heavy atom. The third-order valence-electron chi connectivity index (χ3n) is 9.97. The highest BCUT2D eigenvalue weighted by molar-refractivity contribution is 5.90. The van der Waals surface area contributed by atoms with Gasteiger partial charge >= 0.3 is 6.09 Å². The largest absolute Gasteiger partial charge is 0.436 e. The highest BCUT2D eigenvalue weighted by atomic mass is 16.6. The fourth-order valence-corrected chi connectivity index (χ4v) is 7.00. The van der Waals surface area contributed by atoms with Crippen molar-refractivity contribution < 1.29 is 24.2 Å². The van der Waals surface area contributed by atoms with Crippen LogP contribution in [0.15, 0.2) is 67.3 Å². The Kier molecular flexibility index (Phi) is 14.2. The molecule has 12 heteroatoms. The van der Waals surface area contributed by atoms with Crippen molar-refractivity contribution in [1.82, 2.24) is 30.5 Å². The molecule has 6 N–H and O–H groups in total. The summed E-state index contributed by atoms with van der Waals surface area (Å²) in [6.07, 6.45) is 12.2. The van der Waals surface area contributed by atoms with Gasteiger partial charge in [-0.25, -0.2) is 9.78 Å². The maximum atomic E-state index is 14.1. The lowest BCUT2D eigenvalue weighted by Gasteiger charge is -2.32. The Hall–Kier alpha value is -4.29. The molecule has 1 saturated heterocycles. The number of hydrogen-bond acceptors (Lipinski definition) is 8. The van der Waals surface area contributed by atoms with Crippen LogP contribution in [0.25, 0.3) is 0 Å². The molecule has 3 amide bonds. The quantitative estimate of drug-likeness (QED) is 0.151. The number of pyridine rings is 1. The molecule has 270 valence electrons. The minimum atomic E-state index is -1.17. The molecule has 2 fully saturated rings. The third kappa shape index (κ3) is 11.7. The topological polar surface area (TPSA) is 176 Å². The Morgan fingerprint density at radius 2 is 1.72 bits per heavy atom. The summed E-state index contributed by atoms with van der Waals surface area (Å²) in [5.41, 5.74) is 8.47. The van der Waals surface area contributed by atoms with Crippen molar-refractivity contribution in [2.75, 3.05) is 13.1 Å². The van der Waals surface area contributed by atoms with Crippen molar-refractivity contribution in [2.24, 2.45) is 11.7 Å². The Balaban J connectivity index is 1.30. The molecule has 2 aromatic heterocycles. The van der Waals surface area contributed by atoms with E-state index in [1.54, 1.807) is 17.3 Å². The number of imidazole rings is 1. The van der Waals surface area contributed by atoms with Crippen LogP contribution in [-0.2, 0) is 33.6 Å². The van der Waals surface area contributed by atoms with Gasteiger partial charge in [0.15, 0.2) is 6.10 Å². The van der Waals surface area contributed by atoms with Crippen molar-refractivity contribution in [1.29, 1.82) is 0 Å². The summed E-state index contributed by atoms with van der Waals surface area (Å²) >= 11 is 0. The van der Waals surface area contributed by atoms with E-state index >= 15 is 0 Å². The smallest absolute Gasteiger partial charge is 0.410 e. The molecule has 50 heavy (non-hydrogen) atoms. The molecule has 1 saturated carbocycles. The number of hydrogen-bond donors (Lipinski definition) is 5. The molecule has 3 aromatic rings. The SMILES string of the molecule is NC1CCN(C(=O)O[C@@H](Cc2ccccc2)C(=O)N[C@@H](Cc2cnc[nH]2)C(=O)N[C@@H](CC2CCCCC2)[C@@H](O)CCCc2ccccn2)CC1. The Morgan fingerprint density at radius 3 is 2.42 bits per heavy atom. The molecule has 0 radical (unpaired) electrons. The number of nitrogens with one attached hydrogen (secondary N) is 3. The van der Waals surface area contributed by atoms with Gasteiger partial charge in [-0.3, -0.25) is 14.6 Å². The number of nitrogens with two attached hydrogens (primary N) is 1. The minimum absolute atomic E-state index is 0.0329. The van der Waals surface area contributed by atoms with Gasteiger partial charge in [-0.1, -0.05) is 68.5 Å². The van der Waals surface area contributed by atoms with E-state index in [0.717, 1.165) is 49.8 Å². The number of ether oxygens (including phenoxy) is 1. The van der Waals surface area contributed by atoms with E-state index in [0.29, 0.717) is 50.4 Å². The number of likely N-dealkylation sites (tertiary alicyclic amines) is 1. The van der Waals surface area contributed by atoms with E-state index in [9.17, 15) is 19.5 Å². The first-order chi connectivity index (χ1) is 24.3. The van der Waals surface area contributed by atoms with Gasteiger partial charge in [0.25, 0.3) is 5.91 Å². The fraction of sp³-hybridized carbons (Fsp3) is 0.553. The summed E-state index contributed by atoms with van der Waals surface area (Å²) in [5.74, 6) is -0.582. The molecular formula is C38H53N7O5. The number of aryl methyl sites for hydroxylation is 1. The van der Waals surface area contributed by atoms with Crippen LogP contribution in [0.2, 0.25) is 0 Å². The number of nitrogens with zero attached hydrogens (tertiary/aromatic N) is 3. The minimum Gasteiger partial charge on any atom is -0.436 e. The van der Waals surface area contributed by atoms with E-state index in [-0.39, 0.29) is 18.9 Å².